The van der Waals surface area contributed by atoms with Gasteiger partial charge < -0.3 is 5.73 Å². The van der Waals surface area contributed by atoms with Crippen LogP contribution in [0.1, 0.15) is 16.3 Å². The average molecular weight is 272 g/mol. The number of amides is 1. The summed E-state index contributed by atoms with van der Waals surface area (Å²) < 4.78 is 23.6. The van der Waals surface area contributed by atoms with Gasteiger partial charge in [0.05, 0.1) is 6.26 Å². The van der Waals surface area contributed by atoms with Crippen molar-refractivity contribution in [2.24, 2.45) is 5.73 Å². The van der Waals surface area contributed by atoms with Crippen LogP contribution >= 0.6 is 0 Å². The Morgan fingerprint density at radius 2 is 2.00 bits per heavy atom. The lowest BCUT2D eigenvalue weighted by Crippen LogP contribution is -2.35. The number of carbonyl (C=O) groups excluding carboxylic acids is 1. The quantitative estimate of drug-likeness (QED) is 0.636. The molecule has 96 valence electrons. The molecule has 2 rings (SSSR count). The minimum Gasteiger partial charge on any atom is -0.364 e. The Labute approximate surface area is 100 Å². The van der Waals surface area contributed by atoms with Crippen LogP contribution in [0.3, 0.4) is 0 Å². The molecule has 0 spiro atoms. The molecule has 0 fully saturated rings. The van der Waals surface area contributed by atoms with Crippen LogP contribution in [0.25, 0.3) is 5.65 Å². The van der Waals surface area contributed by atoms with Crippen LogP contribution in [0.15, 0.2) is 4.79 Å². The van der Waals surface area contributed by atoms with Crippen LogP contribution in [-0.4, -0.2) is 44.4 Å². The number of nitrogens with zero attached hydrogens (tertiary/aromatic N) is 5. The third kappa shape index (κ3) is 1.64. The molecular formula is C7H8N6O4S. The summed E-state index contributed by atoms with van der Waals surface area (Å²) >= 11 is 0. The molecule has 0 aromatic carbocycles. The molecule has 2 heterocycles. The van der Waals surface area contributed by atoms with Crippen molar-refractivity contribution in [3.8, 4) is 0 Å². The molecule has 0 aliphatic carbocycles. The van der Waals surface area contributed by atoms with Gasteiger partial charge in [0.25, 0.3) is 15.9 Å². The van der Waals surface area contributed by atoms with Crippen molar-refractivity contribution in [1.29, 1.82) is 0 Å². The van der Waals surface area contributed by atoms with Gasteiger partial charge in [-0.2, -0.15) is 0 Å². The van der Waals surface area contributed by atoms with E-state index >= 15 is 0 Å². The highest BCUT2D eigenvalue weighted by atomic mass is 32.2. The van der Waals surface area contributed by atoms with E-state index in [2.05, 4.69) is 15.3 Å². The third-order valence-corrected chi connectivity index (χ3v) is 3.00. The second-order valence-electron chi connectivity index (χ2n) is 3.51. The maximum Gasteiger partial charge on any atom is 0.367 e. The fourth-order valence-electron chi connectivity index (χ4n) is 1.42. The molecular weight excluding hydrogens is 264 g/mol. The van der Waals surface area contributed by atoms with Crippen LogP contribution in [-0.2, 0) is 10.0 Å². The van der Waals surface area contributed by atoms with E-state index in [1.54, 1.807) is 0 Å². The van der Waals surface area contributed by atoms with Gasteiger partial charge in [0.15, 0.2) is 11.3 Å². The lowest BCUT2D eigenvalue weighted by atomic mass is 10.4. The van der Waals surface area contributed by atoms with Crippen LogP contribution in [0.4, 0.5) is 0 Å². The van der Waals surface area contributed by atoms with Crippen molar-refractivity contribution in [2.75, 3.05) is 6.26 Å². The van der Waals surface area contributed by atoms with Gasteiger partial charge in [-0.25, -0.2) is 22.6 Å². The summed E-state index contributed by atoms with van der Waals surface area (Å²) in [5.74, 6) is -0.789. The van der Waals surface area contributed by atoms with Crippen molar-refractivity contribution in [1.82, 2.24) is 23.8 Å². The van der Waals surface area contributed by atoms with E-state index in [1.807, 2.05) is 0 Å². The number of carbonyl (C=O) groups is 1. The number of imidazole rings is 1. The molecule has 10 nitrogen and oxygen atoms in total. The van der Waals surface area contributed by atoms with Crippen molar-refractivity contribution in [2.45, 2.75) is 6.92 Å². The lowest BCUT2D eigenvalue weighted by molar-refractivity contribution is 0.0997. The standard InChI is InChI=1S/C7H8N6O4S/c1-3-9-4(5(8)14)6-10-11-13(18(2,16)17)7(15)12(3)6/h1-2H3,(H2,8,14). The first-order valence-electron chi connectivity index (χ1n) is 4.59. The van der Waals surface area contributed by atoms with E-state index in [0.29, 0.717) is 0 Å². The molecule has 1 amide bonds. The van der Waals surface area contributed by atoms with Crippen LogP contribution in [0, 0.1) is 6.92 Å². The molecule has 0 unspecified atom stereocenters. The van der Waals surface area contributed by atoms with Gasteiger partial charge in [-0.05, 0) is 12.1 Å². The Kier molecular flexibility index (Phi) is 2.43. The predicted molar refractivity (Wildman–Crippen MR) is 58.5 cm³/mol. The highest BCUT2D eigenvalue weighted by Crippen LogP contribution is 2.05. The zero-order chi connectivity index (χ0) is 13.7. The number of nitrogens with two attached hydrogens (primary N) is 1. The molecule has 0 aliphatic rings. The molecule has 18 heavy (non-hydrogen) atoms. The van der Waals surface area contributed by atoms with Crippen LogP contribution in [0.2, 0.25) is 0 Å². The molecule has 0 saturated heterocycles. The third-order valence-electron chi connectivity index (χ3n) is 2.14. The average Bonchev–Trinajstić information content (AvgIpc) is 2.55. The normalized spacial score (nSPS) is 11.9. The first-order chi connectivity index (χ1) is 8.23. The van der Waals surface area contributed by atoms with E-state index in [9.17, 15) is 18.0 Å². The molecule has 2 aromatic heterocycles. The van der Waals surface area contributed by atoms with E-state index in [0.717, 1.165) is 10.7 Å². The number of aryl methyl sites for hydroxylation is 1. The minimum absolute atomic E-state index is 0.0936. The maximum absolute atomic E-state index is 11.9. The SMILES string of the molecule is Cc1nc(C(N)=O)c2nnn(S(C)(=O)=O)c(=O)n12. The summed E-state index contributed by atoms with van der Waals surface area (Å²) in [6.07, 6.45) is 0.802. The van der Waals surface area contributed by atoms with Gasteiger partial charge in [-0.15, -0.1) is 5.10 Å². The second kappa shape index (κ2) is 3.60. The monoisotopic (exact) mass is 272 g/mol. The summed E-state index contributed by atoms with van der Waals surface area (Å²) in [7, 11) is -3.89. The summed E-state index contributed by atoms with van der Waals surface area (Å²) in [5, 5.41) is 6.72. The van der Waals surface area contributed by atoms with Crippen molar-refractivity contribution in [3.05, 3.63) is 22.0 Å². The molecule has 11 heteroatoms. The molecule has 0 atom stereocenters. The van der Waals surface area contributed by atoms with Gasteiger partial charge in [-0.3, -0.25) is 4.79 Å². The highest BCUT2D eigenvalue weighted by molar-refractivity contribution is 7.89. The van der Waals surface area contributed by atoms with Gasteiger partial charge >= 0.3 is 5.69 Å². The van der Waals surface area contributed by atoms with Crippen molar-refractivity contribution >= 4 is 21.6 Å². The number of hydrogen-bond donors (Lipinski definition) is 1. The van der Waals surface area contributed by atoms with Gasteiger partial charge in [0.2, 0.25) is 0 Å². The summed E-state index contributed by atoms with van der Waals surface area (Å²) in [4.78, 5) is 26.7. The first kappa shape index (κ1) is 12.2. The number of fused-ring (bicyclic) bond motifs is 1. The topological polar surface area (TPSA) is 142 Å². The van der Waals surface area contributed by atoms with E-state index < -0.39 is 21.6 Å². The van der Waals surface area contributed by atoms with Crippen molar-refractivity contribution in [3.63, 3.8) is 0 Å². The van der Waals surface area contributed by atoms with E-state index in [-0.39, 0.29) is 21.3 Å². The fraction of sp³-hybridized carbons (Fsp3) is 0.286. The largest absolute Gasteiger partial charge is 0.367 e. The summed E-state index contributed by atoms with van der Waals surface area (Å²) in [6, 6.07) is 0. The van der Waals surface area contributed by atoms with Gasteiger partial charge in [0.1, 0.15) is 5.82 Å². The minimum atomic E-state index is -3.89. The Morgan fingerprint density at radius 3 is 2.50 bits per heavy atom. The lowest BCUT2D eigenvalue weighted by Gasteiger charge is -2.00. The molecule has 2 aromatic rings. The molecule has 0 radical (unpaired) electrons. The smallest absolute Gasteiger partial charge is 0.364 e. The maximum atomic E-state index is 11.9. The Hall–Kier alpha value is -2.30. The second-order valence-corrected chi connectivity index (χ2v) is 5.32. The molecule has 2 N–H and O–H groups in total. The number of aromatic nitrogens is 5. The van der Waals surface area contributed by atoms with Crippen LogP contribution in [0.5, 0.6) is 0 Å². The van der Waals surface area contributed by atoms with E-state index in [4.69, 9.17) is 5.73 Å². The number of rotatable bonds is 2. The summed E-state index contributed by atoms with van der Waals surface area (Å²) in [6.45, 7) is 1.41. The first-order valence-corrected chi connectivity index (χ1v) is 6.43. The number of hydrogen-bond acceptors (Lipinski definition) is 7. The zero-order valence-corrected chi connectivity index (χ0v) is 10.2. The zero-order valence-electron chi connectivity index (χ0n) is 9.35. The molecule has 0 saturated carbocycles. The number of primary amides is 1. The Morgan fingerprint density at radius 1 is 1.39 bits per heavy atom. The van der Waals surface area contributed by atoms with Crippen LogP contribution < -0.4 is 11.4 Å². The fourth-order valence-corrected chi connectivity index (χ4v) is 1.96. The summed E-state index contributed by atoms with van der Waals surface area (Å²) in [5.41, 5.74) is 3.66. The Bertz CT molecular complexity index is 816. The molecule has 0 bridgehead atoms. The predicted octanol–water partition coefficient (Wildman–Crippen LogP) is -2.50. The van der Waals surface area contributed by atoms with E-state index in [1.165, 1.54) is 6.92 Å². The highest BCUT2D eigenvalue weighted by Gasteiger charge is 2.21. The Balaban J connectivity index is 2.99. The van der Waals surface area contributed by atoms with Gasteiger partial charge in [-0.1, -0.05) is 4.09 Å². The van der Waals surface area contributed by atoms with Gasteiger partial charge in [0, 0.05) is 0 Å². The van der Waals surface area contributed by atoms with Crippen molar-refractivity contribution < 1.29 is 13.2 Å². The molecule has 0 aliphatic heterocycles.